The second-order valence-electron chi connectivity index (χ2n) is 3.92. The highest BCUT2D eigenvalue weighted by atomic mass is 35.5. The Morgan fingerprint density at radius 2 is 2.13 bits per heavy atom. The average Bonchev–Trinajstić information content (AvgIpc) is 2.45. The SMILES string of the molecule is Cc1ccc(CNC(=O)C(C)(C)N)s1.Cl. The zero-order chi connectivity index (χ0) is 10.8. The van der Waals surface area contributed by atoms with E-state index in [1.165, 1.54) is 4.88 Å². The van der Waals surface area contributed by atoms with E-state index in [-0.39, 0.29) is 18.3 Å². The molecule has 0 saturated carbocycles. The summed E-state index contributed by atoms with van der Waals surface area (Å²) >= 11 is 1.68. The van der Waals surface area contributed by atoms with Gasteiger partial charge in [-0.05, 0) is 32.9 Å². The minimum absolute atomic E-state index is 0. The second-order valence-corrected chi connectivity index (χ2v) is 5.29. The van der Waals surface area contributed by atoms with Gasteiger partial charge in [0.1, 0.15) is 0 Å². The van der Waals surface area contributed by atoms with Crippen LogP contribution in [0.4, 0.5) is 0 Å². The van der Waals surface area contributed by atoms with Gasteiger partial charge in [-0.15, -0.1) is 23.7 Å². The van der Waals surface area contributed by atoms with E-state index in [1.54, 1.807) is 25.2 Å². The highest BCUT2D eigenvalue weighted by molar-refractivity contribution is 7.11. The smallest absolute Gasteiger partial charge is 0.239 e. The van der Waals surface area contributed by atoms with Crippen LogP contribution in [0.2, 0.25) is 0 Å². The molecular weight excluding hydrogens is 232 g/mol. The molecule has 0 aliphatic carbocycles. The maximum atomic E-state index is 11.4. The Morgan fingerprint density at radius 3 is 2.53 bits per heavy atom. The van der Waals surface area contributed by atoms with Crippen LogP contribution in [-0.2, 0) is 11.3 Å². The number of carbonyl (C=O) groups excluding carboxylic acids is 1. The molecule has 1 heterocycles. The van der Waals surface area contributed by atoms with Gasteiger partial charge in [-0.25, -0.2) is 0 Å². The van der Waals surface area contributed by atoms with Gasteiger partial charge in [-0.3, -0.25) is 4.79 Å². The quantitative estimate of drug-likeness (QED) is 0.858. The summed E-state index contributed by atoms with van der Waals surface area (Å²) < 4.78 is 0. The van der Waals surface area contributed by atoms with Gasteiger partial charge in [-0.2, -0.15) is 0 Å². The topological polar surface area (TPSA) is 55.1 Å². The van der Waals surface area contributed by atoms with Crippen LogP contribution >= 0.6 is 23.7 Å². The number of carbonyl (C=O) groups is 1. The fraction of sp³-hybridized carbons (Fsp3) is 0.500. The highest BCUT2D eigenvalue weighted by Gasteiger charge is 2.21. The molecule has 0 saturated heterocycles. The Labute approximate surface area is 100 Å². The summed E-state index contributed by atoms with van der Waals surface area (Å²) in [6, 6.07) is 4.06. The van der Waals surface area contributed by atoms with E-state index in [4.69, 9.17) is 5.73 Å². The summed E-state index contributed by atoms with van der Waals surface area (Å²) in [6.07, 6.45) is 0. The first kappa shape index (κ1) is 14.4. The van der Waals surface area contributed by atoms with E-state index in [1.807, 2.05) is 19.1 Å². The predicted molar refractivity (Wildman–Crippen MR) is 66.4 cm³/mol. The van der Waals surface area contributed by atoms with Gasteiger partial charge in [0, 0.05) is 9.75 Å². The molecule has 0 aliphatic heterocycles. The lowest BCUT2D eigenvalue weighted by Gasteiger charge is -2.17. The minimum Gasteiger partial charge on any atom is -0.350 e. The summed E-state index contributed by atoms with van der Waals surface area (Å²) in [6.45, 7) is 6.00. The van der Waals surface area contributed by atoms with Gasteiger partial charge in [0.15, 0.2) is 0 Å². The van der Waals surface area contributed by atoms with E-state index in [9.17, 15) is 4.79 Å². The number of halogens is 1. The third-order valence-electron chi connectivity index (χ3n) is 1.80. The Balaban J connectivity index is 0.00000196. The minimum atomic E-state index is -0.799. The van der Waals surface area contributed by atoms with Gasteiger partial charge < -0.3 is 11.1 Å². The van der Waals surface area contributed by atoms with Gasteiger partial charge >= 0.3 is 0 Å². The molecule has 1 aromatic heterocycles. The molecule has 86 valence electrons. The first-order valence-electron chi connectivity index (χ1n) is 4.52. The summed E-state index contributed by atoms with van der Waals surface area (Å²) in [4.78, 5) is 13.8. The molecule has 1 amide bonds. The van der Waals surface area contributed by atoms with Crippen LogP contribution in [-0.4, -0.2) is 11.4 Å². The van der Waals surface area contributed by atoms with Crippen molar-refractivity contribution in [1.82, 2.24) is 5.32 Å². The first-order chi connectivity index (χ1) is 6.39. The highest BCUT2D eigenvalue weighted by Crippen LogP contribution is 2.14. The van der Waals surface area contributed by atoms with E-state index in [0.717, 1.165) is 4.88 Å². The number of thiophene rings is 1. The fourth-order valence-electron chi connectivity index (χ4n) is 0.975. The van der Waals surface area contributed by atoms with Crippen molar-refractivity contribution in [3.05, 3.63) is 21.9 Å². The van der Waals surface area contributed by atoms with E-state index in [2.05, 4.69) is 5.32 Å². The van der Waals surface area contributed by atoms with E-state index < -0.39 is 5.54 Å². The number of nitrogens with one attached hydrogen (secondary N) is 1. The number of aryl methyl sites for hydroxylation is 1. The first-order valence-corrected chi connectivity index (χ1v) is 5.34. The zero-order valence-electron chi connectivity index (χ0n) is 9.16. The van der Waals surface area contributed by atoms with Crippen LogP contribution < -0.4 is 11.1 Å². The largest absolute Gasteiger partial charge is 0.350 e. The number of hydrogen-bond acceptors (Lipinski definition) is 3. The lowest BCUT2D eigenvalue weighted by atomic mass is 10.1. The number of nitrogens with two attached hydrogens (primary N) is 1. The summed E-state index contributed by atoms with van der Waals surface area (Å²) in [7, 11) is 0. The molecule has 3 N–H and O–H groups in total. The summed E-state index contributed by atoms with van der Waals surface area (Å²) in [5, 5.41) is 2.80. The molecule has 0 atom stereocenters. The van der Waals surface area contributed by atoms with Crippen molar-refractivity contribution in [2.24, 2.45) is 5.73 Å². The molecule has 0 aliphatic rings. The number of rotatable bonds is 3. The maximum Gasteiger partial charge on any atom is 0.239 e. The summed E-state index contributed by atoms with van der Waals surface area (Å²) in [5.41, 5.74) is 4.84. The number of amides is 1. The fourth-order valence-corrected chi connectivity index (χ4v) is 1.81. The van der Waals surface area contributed by atoms with Gasteiger partial charge in [0.2, 0.25) is 5.91 Å². The molecule has 1 aromatic rings. The van der Waals surface area contributed by atoms with E-state index >= 15 is 0 Å². The molecule has 0 fully saturated rings. The molecule has 0 bridgehead atoms. The monoisotopic (exact) mass is 248 g/mol. The Bertz CT molecular complexity index is 330. The maximum absolute atomic E-state index is 11.4. The lowest BCUT2D eigenvalue weighted by Crippen LogP contribution is -2.48. The van der Waals surface area contributed by atoms with Crippen molar-refractivity contribution >= 4 is 29.7 Å². The van der Waals surface area contributed by atoms with Crippen LogP contribution in [0.5, 0.6) is 0 Å². The molecular formula is C10H17ClN2OS. The normalized spacial score (nSPS) is 10.7. The van der Waals surface area contributed by atoms with Crippen LogP contribution in [0.15, 0.2) is 12.1 Å². The van der Waals surface area contributed by atoms with Crippen molar-refractivity contribution in [2.75, 3.05) is 0 Å². The predicted octanol–water partition coefficient (Wildman–Crippen LogP) is 1.83. The Hall–Kier alpha value is -0.580. The van der Waals surface area contributed by atoms with Gasteiger partial charge in [0.05, 0.1) is 12.1 Å². The third-order valence-corrected chi connectivity index (χ3v) is 2.81. The van der Waals surface area contributed by atoms with Gasteiger partial charge in [0.25, 0.3) is 0 Å². The van der Waals surface area contributed by atoms with Crippen LogP contribution in [0.3, 0.4) is 0 Å². The molecule has 0 spiro atoms. The van der Waals surface area contributed by atoms with Crippen molar-refractivity contribution in [3.63, 3.8) is 0 Å². The molecule has 1 rings (SSSR count). The van der Waals surface area contributed by atoms with Crippen molar-refractivity contribution in [1.29, 1.82) is 0 Å². The third kappa shape index (κ3) is 4.64. The van der Waals surface area contributed by atoms with Gasteiger partial charge in [-0.1, -0.05) is 0 Å². The standard InChI is InChI=1S/C10H16N2OS.ClH/c1-7-4-5-8(14-7)6-12-9(13)10(2,3)11;/h4-5H,6,11H2,1-3H3,(H,12,13);1H. The molecule has 0 aromatic carbocycles. The van der Waals surface area contributed by atoms with Crippen molar-refractivity contribution in [3.8, 4) is 0 Å². The molecule has 0 unspecified atom stereocenters. The summed E-state index contributed by atoms with van der Waals surface area (Å²) in [5.74, 6) is -0.122. The van der Waals surface area contributed by atoms with E-state index in [0.29, 0.717) is 6.54 Å². The Morgan fingerprint density at radius 1 is 1.53 bits per heavy atom. The van der Waals surface area contributed by atoms with Crippen LogP contribution in [0, 0.1) is 6.92 Å². The van der Waals surface area contributed by atoms with Crippen molar-refractivity contribution < 1.29 is 4.79 Å². The number of hydrogen-bond donors (Lipinski definition) is 2. The average molecular weight is 249 g/mol. The molecule has 3 nitrogen and oxygen atoms in total. The van der Waals surface area contributed by atoms with Crippen molar-refractivity contribution in [2.45, 2.75) is 32.9 Å². The Kier molecular flexibility index (Phi) is 5.28. The molecule has 0 radical (unpaired) electrons. The molecule has 15 heavy (non-hydrogen) atoms. The zero-order valence-corrected chi connectivity index (χ0v) is 10.8. The van der Waals surface area contributed by atoms with Crippen LogP contribution in [0.1, 0.15) is 23.6 Å². The second kappa shape index (κ2) is 5.49. The van der Waals surface area contributed by atoms with Crippen LogP contribution in [0.25, 0.3) is 0 Å². The lowest BCUT2D eigenvalue weighted by molar-refractivity contribution is -0.125. The molecule has 5 heteroatoms.